The number of nitrogens with zero attached hydrogens (tertiary/aromatic N) is 4. The number of hydrogen-bond donors (Lipinski definition) is 2. The average Bonchev–Trinajstić information content (AvgIpc) is 3.37. The second kappa shape index (κ2) is 12.3. The first kappa shape index (κ1) is 28.0. The lowest BCUT2D eigenvalue weighted by atomic mass is 10.1. The van der Waals surface area contributed by atoms with E-state index in [2.05, 4.69) is 43.5 Å². The summed E-state index contributed by atoms with van der Waals surface area (Å²) in [6.07, 6.45) is -1.18. The summed E-state index contributed by atoms with van der Waals surface area (Å²) in [6, 6.07) is 13.8. The van der Waals surface area contributed by atoms with Crippen molar-refractivity contribution in [1.82, 2.24) is 19.8 Å². The van der Waals surface area contributed by atoms with Crippen LogP contribution < -0.4 is 10.6 Å². The van der Waals surface area contributed by atoms with Crippen LogP contribution in [0.15, 0.2) is 60.9 Å². The molecule has 5 rings (SSSR count). The number of fused-ring (bicyclic) bond motifs is 1. The quantitative estimate of drug-likeness (QED) is 0.282. The first-order valence-electron chi connectivity index (χ1n) is 13.2. The molecule has 1 saturated heterocycles. The molecular weight excluding hydrogens is 537 g/mol. The molecule has 0 radical (unpaired) electrons. The van der Waals surface area contributed by atoms with E-state index in [-0.39, 0.29) is 5.56 Å². The fourth-order valence-corrected chi connectivity index (χ4v) is 5.68. The van der Waals surface area contributed by atoms with Crippen LogP contribution in [0, 0.1) is 0 Å². The summed E-state index contributed by atoms with van der Waals surface area (Å²) < 4.78 is 39.9. The van der Waals surface area contributed by atoms with Gasteiger partial charge in [0.2, 0.25) is 0 Å². The Balaban J connectivity index is 1.13. The van der Waals surface area contributed by atoms with Gasteiger partial charge in [0, 0.05) is 55.4 Å². The van der Waals surface area contributed by atoms with Crippen LogP contribution >= 0.6 is 11.3 Å². The summed E-state index contributed by atoms with van der Waals surface area (Å²) in [5.74, 6) is 0.234. The van der Waals surface area contributed by atoms with Gasteiger partial charge in [0.25, 0.3) is 5.91 Å². The van der Waals surface area contributed by atoms with Crippen LogP contribution in [0.2, 0.25) is 0 Å². The Labute approximate surface area is 235 Å². The minimum Gasteiger partial charge on any atom is -0.368 e. The lowest BCUT2D eigenvalue weighted by Crippen LogP contribution is -2.45. The Bertz CT molecular complexity index is 1450. The maximum Gasteiger partial charge on any atom is 0.416 e. The van der Waals surface area contributed by atoms with Gasteiger partial charge in [-0.25, -0.2) is 9.97 Å². The van der Waals surface area contributed by atoms with Gasteiger partial charge in [0.05, 0.1) is 15.8 Å². The van der Waals surface area contributed by atoms with Gasteiger partial charge in [-0.05, 0) is 61.9 Å². The van der Waals surface area contributed by atoms with E-state index in [4.69, 9.17) is 0 Å². The van der Waals surface area contributed by atoms with E-state index in [0.717, 1.165) is 79.3 Å². The molecule has 1 fully saturated rings. The fourth-order valence-electron chi connectivity index (χ4n) is 4.61. The van der Waals surface area contributed by atoms with Gasteiger partial charge in [-0.1, -0.05) is 18.2 Å². The van der Waals surface area contributed by atoms with Gasteiger partial charge in [0.1, 0.15) is 12.1 Å². The maximum atomic E-state index is 13.0. The lowest BCUT2D eigenvalue weighted by molar-refractivity contribution is -0.137. The number of halogens is 3. The van der Waals surface area contributed by atoms with Crippen LogP contribution in [0.5, 0.6) is 0 Å². The van der Waals surface area contributed by atoms with Gasteiger partial charge in [-0.15, -0.1) is 11.3 Å². The SMILES string of the molecule is CN1CCN(CCc2cc3ncnc(NCCc4ccc(NC(=O)c5cccc(C(F)(F)F)c5)cc4)c3s2)CC1. The molecule has 0 spiro atoms. The molecular formula is C29H31F3N6OS. The van der Waals surface area contributed by atoms with Gasteiger partial charge < -0.3 is 20.4 Å². The van der Waals surface area contributed by atoms with Crippen molar-refractivity contribution < 1.29 is 18.0 Å². The predicted molar refractivity (Wildman–Crippen MR) is 153 cm³/mol. The van der Waals surface area contributed by atoms with E-state index in [1.807, 2.05) is 12.1 Å². The Morgan fingerprint density at radius 2 is 1.77 bits per heavy atom. The number of nitrogens with one attached hydrogen (secondary N) is 2. The Morgan fingerprint density at radius 1 is 1.00 bits per heavy atom. The Kier molecular flexibility index (Phi) is 8.63. The molecule has 1 aliphatic rings. The summed E-state index contributed by atoms with van der Waals surface area (Å²) in [4.78, 5) is 27.5. The standard InChI is InChI=1S/C29H31F3N6OS/c1-37-13-15-38(16-14-37)12-10-24-18-25-26(40-24)27(35-19-34-25)33-11-9-20-5-7-23(8-6-20)36-28(39)21-3-2-4-22(17-21)29(30,31)32/h2-8,17-19H,9-16H2,1H3,(H,36,39)(H,33,34,35). The molecule has 2 aromatic heterocycles. The van der Waals surface area contributed by atoms with E-state index in [1.165, 1.54) is 17.0 Å². The molecule has 0 atom stereocenters. The van der Waals surface area contributed by atoms with Crippen molar-refractivity contribution in [3.8, 4) is 0 Å². The highest BCUT2D eigenvalue weighted by molar-refractivity contribution is 7.19. The number of amides is 1. The molecule has 210 valence electrons. The van der Waals surface area contributed by atoms with E-state index in [1.54, 1.807) is 29.8 Å². The van der Waals surface area contributed by atoms with Gasteiger partial charge >= 0.3 is 6.18 Å². The van der Waals surface area contributed by atoms with Crippen LogP contribution in [0.4, 0.5) is 24.7 Å². The van der Waals surface area contributed by atoms with Crippen molar-refractivity contribution in [3.63, 3.8) is 0 Å². The van der Waals surface area contributed by atoms with Crippen molar-refractivity contribution in [2.24, 2.45) is 0 Å². The van der Waals surface area contributed by atoms with Gasteiger partial charge in [-0.3, -0.25) is 4.79 Å². The number of aromatic nitrogens is 2. The van der Waals surface area contributed by atoms with E-state index in [9.17, 15) is 18.0 Å². The average molecular weight is 569 g/mol. The van der Waals surface area contributed by atoms with Crippen molar-refractivity contribution in [3.05, 3.63) is 82.5 Å². The number of likely N-dealkylation sites (N-methyl/N-ethyl adjacent to an activating group) is 1. The molecule has 0 saturated carbocycles. The zero-order valence-electron chi connectivity index (χ0n) is 22.2. The maximum absolute atomic E-state index is 13.0. The Morgan fingerprint density at radius 3 is 2.52 bits per heavy atom. The number of rotatable bonds is 9. The predicted octanol–water partition coefficient (Wildman–Crippen LogP) is 5.41. The number of piperazine rings is 1. The number of hydrogen-bond acceptors (Lipinski definition) is 7. The number of alkyl halides is 3. The normalized spacial score (nSPS) is 14.9. The fraction of sp³-hybridized carbons (Fsp3) is 0.345. The molecule has 1 amide bonds. The minimum atomic E-state index is -4.50. The smallest absolute Gasteiger partial charge is 0.368 e. The molecule has 2 aromatic carbocycles. The van der Waals surface area contributed by atoms with Crippen molar-refractivity contribution in [2.45, 2.75) is 19.0 Å². The highest BCUT2D eigenvalue weighted by Gasteiger charge is 2.30. The third kappa shape index (κ3) is 7.15. The number of carbonyl (C=O) groups is 1. The molecule has 2 N–H and O–H groups in total. The summed E-state index contributed by atoms with van der Waals surface area (Å²) in [6.45, 7) is 6.16. The number of carbonyl (C=O) groups excluding carboxylic acids is 1. The molecule has 0 bridgehead atoms. The number of thiophene rings is 1. The van der Waals surface area contributed by atoms with Crippen LogP contribution in [0.1, 0.15) is 26.4 Å². The monoisotopic (exact) mass is 568 g/mol. The summed E-state index contributed by atoms with van der Waals surface area (Å²) in [7, 11) is 2.17. The first-order chi connectivity index (χ1) is 19.2. The third-order valence-corrected chi connectivity index (χ3v) is 8.19. The molecule has 40 heavy (non-hydrogen) atoms. The van der Waals surface area contributed by atoms with Crippen molar-refractivity contribution >= 4 is 39.0 Å². The van der Waals surface area contributed by atoms with Gasteiger partial charge in [0.15, 0.2) is 0 Å². The minimum absolute atomic E-state index is 0.0460. The van der Waals surface area contributed by atoms with E-state index >= 15 is 0 Å². The van der Waals surface area contributed by atoms with E-state index < -0.39 is 17.6 Å². The zero-order valence-corrected chi connectivity index (χ0v) is 23.0. The lowest BCUT2D eigenvalue weighted by Gasteiger charge is -2.32. The molecule has 0 aliphatic carbocycles. The number of benzene rings is 2. The highest BCUT2D eigenvalue weighted by Crippen LogP contribution is 2.30. The third-order valence-electron chi connectivity index (χ3n) is 7.00. The zero-order chi connectivity index (χ0) is 28.1. The summed E-state index contributed by atoms with van der Waals surface area (Å²) in [5, 5.41) is 6.09. The topological polar surface area (TPSA) is 73.4 Å². The second-order valence-corrected chi connectivity index (χ2v) is 11.1. The second-order valence-electron chi connectivity index (χ2n) is 9.95. The van der Waals surface area contributed by atoms with Crippen LogP contribution in [-0.4, -0.2) is 72.0 Å². The van der Waals surface area contributed by atoms with Crippen molar-refractivity contribution in [1.29, 1.82) is 0 Å². The molecule has 7 nitrogen and oxygen atoms in total. The Hall–Kier alpha value is -3.54. The molecule has 11 heteroatoms. The van der Waals surface area contributed by atoms with E-state index in [0.29, 0.717) is 12.2 Å². The van der Waals surface area contributed by atoms with Gasteiger partial charge in [-0.2, -0.15) is 13.2 Å². The first-order valence-corrected chi connectivity index (χ1v) is 14.0. The summed E-state index contributed by atoms with van der Waals surface area (Å²) in [5.41, 5.74) is 1.62. The van der Waals surface area contributed by atoms with Crippen LogP contribution in [0.25, 0.3) is 10.2 Å². The van der Waals surface area contributed by atoms with Crippen LogP contribution in [0.3, 0.4) is 0 Å². The van der Waals surface area contributed by atoms with Crippen LogP contribution in [-0.2, 0) is 19.0 Å². The largest absolute Gasteiger partial charge is 0.416 e. The molecule has 3 heterocycles. The van der Waals surface area contributed by atoms with Crippen molar-refractivity contribution in [2.75, 3.05) is 56.9 Å². The number of anilines is 2. The summed E-state index contributed by atoms with van der Waals surface area (Å²) >= 11 is 1.74. The highest BCUT2D eigenvalue weighted by atomic mass is 32.1. The molecule has 4 aromatic rings. The molecule has 1 aliphatic heterocycles. The molecule has 0 unspecified atom stereocenters.